The molecule has 0 N–H and O–H groups in total. The smallest absolute Gasteiger partial charge is 0.222 e. The predicted octanol–water partition coefficient (Wildman–Crippen LogP) is 3.38. The molecule has 0 aliphatic carbocycles. The van der Waals surface area contributed by atoms with Gasteiger partial charge in [0.2, 0.25) is 5.91 Å². The molecule has 1 aliphatic rings. The summed E-state index contributed by atoms with van der Waals surface area (Å²) >= 11 is 0. The second kappa shape index (κ2) is 6.99. The molecule has 4 heteroatoms. The van der Waals surface area contributed by atoms with E-state index < -0.39 is 0 Å². The van der Waals surface area contributed by atoms with Crippen molar-refractivity contribution in [2.24, 2.45) is 0 Å². The largest absolute Gasteiger partial charge is 0.339 e. The maximum atomic E-state index is 12.5. The quantitative estimate of drug-likeness (QED) is 0.849. The van der Waals surface area contributed by atoms with Crippen molar-refractivity contribution in [1.29, 1.82) is 0 Å². The van der Waals surface area contributed by atoms with Gasteiger partial charge in [-0.25, -0.2) is 4.98 Å². The van der Waals surface area contributed by atoms with Crippen LogP contribution in [-0.4, -0.2) is 32.9 Å². The highest BCUT2D eigenvalue weighted by Gasteiger charge is 2.33. The van der Waals surface area contributed by atoms with E-state index in [1.54, 1.807) is 12.5 Å². The number of hydrogen-bond donors (Lipinski definition) is 0. The minimum absolute atomic E-state index is 0.286. The van der Waals surface area contributed by atoms with Crippen molar-refractivity contribution in [2.45, 2.75) is 51.6 Å². The molecular weight excluding hydrogens is 286 g/mol. The molecule has 0 radical (unpaired) electrons. The summed E-state index contributed by atoms with van der Waals surface area (Å²) in [5.74, 6) is 0.762. The Bertz CT molecular complexity index is 650. The van der Waals surface area contributed by atoms with Gasteiger partial charge in [-0.15, -0.1) is 0 Å². The molecule has 1 fully saturated rings. The van der Waals surface area contributed by atoms with Crippen LogP contribution in [0.15, 0.2) is 43.0 Å². The number of carbonyl (C=O) groups is 1. The Labute approximate surface area is 138 Å². The summed E-state index contributed by atoms with van der Waals surface area (Å²) in [6, 6.07) is 8.88. The van der Waals surface area contributed by atoms with Crippen LogP contribution >= 0.6 is 0 Å². The second-order valence-corrected chi connectivity index (χ2v) is 6.59. The van der Waals surface area contributed by atoms with Gasteiger partial charge < -0.3 is 9.47 Å². The standard InChI is InChI=1S/C19H25N3O/c1-15-6-3-4-7-18(15)17-12-16(2)22(13-17)19(23)8-5-10-21-11-9-20-14-21/h3-4,6-7,9,11,14,16-17H,5,8,10,12-13H2,1-2H3/t16-,17-/m0/s1. The van der Waals surface area contributed by atoms with Crippen molar-refractivity contribution in [3.05, 3.63) is 54.1 Å². The van der Waals surface area contributed by atoms with Gasteiger partial charge in [-0.3, -0.25) is 4.79 Å². The SMILES string of the molecule is Cc1ccccc1[C@H]1C[C@H](C)N(C(=O)CCCn2ccnc2)C1. The highest BCUT2D eigenvalue weighted by atomic mass is 16.2. The summed E-state index contributed by atoms with van der Waals surface area (Å²) < 4.78 is 2.02. The van der Waals surface area contributed by atoms with Crippen LogP contribution in [0.3, 0.4) is 0 Å². The van der Waals surface area contributed by atoms with Crippen LogP contribution in [-0.2, 0) is 11.3 Å². The van der Waals surface area contributed by atoms with Crippen LogP contribution in [0.25, 0.3) is 0 Å². The van der Waals surface area contributed by atoms with E-state index in [-0.39, 0.29) is 5.91 Å². The third-order valence-corrected chi connectivity index (χ3v) is 4.89. The number of amides is 1. The molecule has 1 amide bonds. The molecule has 0 spiro atoms. The molecule has 0 saturated carbocycles. The van der Waals surface area contributed by atoms with E-state index in [2.05, 4.69) is 48.0 Å². The Morgan fingerprint density at radius 1 is 1.35 bits per heavy atom. The van der Waals surface area contributed by atoms with E-state index in [0.29, 0.717) is 18.4 Å². The van der Waals surface area contributed by atoms with Crippen LogP contribution in [0.4, 0.5) is 0 Å². The molecule has 0 bridgehead atoms. The third kappa shape index (κ3) is 3.63. The predicted molar refractivity (Wildman–Crippen MR) is 91.2 cm³/mol. The van der Waals surface area contributed by atoms with Crippen molar-refractivity contribution in [3.8, 4) is 0 Å². The van der Waals surface area contributed by atoms with E-state index in [0.717, 1.165) is 25.9 Å². The zero-order chi connectivity index (χ0) is 16.2. The molecule has 2 atom stereocenters. The molecule has 2 aromatic rings. The first kappa shape index (κ1) is 15.8. The first-order valence-corrected chi connectivity index (χ1v) is 8.46. The number of imidazole rings is 1. The molecule has 2 heterocycles. The number of benzene rings is 1. The fourth-order valence-corrected chi connectivity index (χ4v) is 3.62. The average molecular weight is 311 g/mol. The van der Waals surface area contributed by atoms with E-state index in [9.17, 15) is 4.79 Å². The Hall–Kier alpha value is -2.10. The molecule has 1 aliphatic heterocycles. The Morgan fingerprint density at radius 3 is 2.91 bits per heavy atom. The minimum Gasteiger partial charge on any atom is -0.339 e. The maximum absolute atomic E-state index is 12.5. The average Bonchev–Trinajstić information content (AvgIpc) is 3.17. The fraction of sp³-hybridized carbons (Fsp3) is 0.474. The van der Waals surface area contributed by atoms with Crippen molar-refractivity contribution < 1.29 is 4.79 Å². The summed E-state index contributed by atoms with van der Waals surface area (Å²) in [4.78, 5) is 18.7. The third-order valence-electron chi connectivity index (χ3n) is 4.89. The maximum Gasteiger partial charge on any atom is 0.222 e. The van der Waals surface area contributed by atoms with Gasteiger partial charge in [0.05, 0.1) is 6.33 Å². The Kier molecular flexibility index (Phi) is 4.79. The number of nitrogens with zero attached hydrogens (tertiary/aromatic N) is 3. The summed E-state index contributed by atoms with van der Waals surface area (Å²) in [5, 5.41) is 0. The van der Waals surface area contributed by atoms with Crippen molar-refractivity contribution in [1.82, 2.24) is 14.5 Å². The highest BCUT2D eigenvalue weighted by molar-refractivity contribution is 5.77. The summed E-state index contributed by atoms with van der Waals surface area (Å²) in [7, 11) is 0. The number of aromatic nitrogens is 2. The van der Waals surface area contributed by atoms with Crippen LogP contribution < -0.4 is 0 Å². The molecule has 1 saturated heterocycles. The number of likely N-dealkylation sites (tertiary alicyclic amines) is 1. The lowest BCUT2D eigenvalue weighted by atomic mass is 9.93. The van der Waals surface area contributed by atoms with Gasteiger partial charge in [-0.2, -0.15) is 0 Å². The minimum atomic E-state index is 0.286. The van der Waals surface area contributed by atoms with Gasteiger partial charge in [-0.05, 0) is 37.8 Å². The summed E-state index contributed by atoms with van der Waals surface area (Å²) in [6.45, 7) is 6.05. The van der Waals surface area contributed by atoms with Crippen LogP contribution in [0.2, 0.25) is 0 Å². The Balaban J connectivity index is 1.56. The number of carbonyl (C=O) groups excluding carboxylic acids is 1. The van der Waals surface area contributed by atoms with E-state index in [1.165, 1.54) is 11.1 Å². The molecule has 0 unspecified atom stereocenters. The molecule has 1 aromatic carbocycles. The van der Waals surface area contributed by atoms with Crippen molar-refractivity contribution in [3.63, 3.8) is 0 Å². The summed E-state index contributed by atoms with van der Waals surface area (Å²) in [5.41, 5.74) is 2.73. The highest BCUT2D eigenvalue weighted by Crippen LogP contribution is 2.33. The normalized spacial score (nSPS) is 20.9. The lowest BCUT2D eigenvalue weighted by Crippen LogP contribution is -2.33. The summed E-state index contributed by atoms with van der Waals surface area (Å²) in [6.07, 6.45) is 8.07. The zero-order valence-electron chi connectivity index (χ0n) is 14.0. The number of hydrogen-bond acceptors (Lipinski definition) is 2. The lowest BCUT2D eigenvalue weighted by molar-refractivity contribution is -0.131. The van der Waals surface area contributed by atoms with Crippen LogP contribution in [0.5, 0.6) is 0 Å². The molecule has 23 heavy (non-hydrogen) atoms. The van der Waals surface area contributed by atoms with Gasteiger partial charge in [0.25, 0.3) is 0 Å². The van der Waals surface area contributed by atoms with Crippen LogP contribution in [0, 0.1) is 6.92 Å². The molecule has 3 rings (SSSR count). The van der Waals surface area contributed by atoms with Gasteiger partial charge in [0.1, 0.15) is 0 Å². The zero-order valence-corrected chi connectivity index (χ0v) is 14.0. The number of aryl methyl sites for hydroxylation is 2. The first-order valence-electron chi connectivity index (χ1n) is 8.46. The van der Waals surface area contributed by atoms with E-state index in [4.69, 9.17) is 0 Å². The van der Waals surface area contributed by atoms with Crippen molar-refractivity contribution in [2.75, 3.05) is 6.54 Å². The van der Waals surface area contributed by atoms with Crippen LogP contribution in [0.1, 0.15) is 43.2 Å². The van der Waals surface area contributed by atoms with Gasteiger partial charge in [0, 0.05) is 43.9 Å². The van der Waals surface area contributed by atoms with Gasteiger partial charge >= 0.3 is 0 Å². The monoisotopic (exact) mass is 311 g/mol. The lowest BCUT2D eigenvalue weighted by Gasteiger charge is -2.21. The van der Waals surface area contributed by atoms with Gasteiger partial charge in [0.15, 0.2) is 0 Å². The van der Waals surface area contributed by atoms with Gasteiger partial charge in [-0.1, -0.05) is 24.3 Å². The number of rotatable bonds is 5. The fourth-order valence-electron chi connectivity index (χ4n) is 3.62. The molecule has 4 nitrogen and oxygen atoms in total. The van der Waals surface area contributed by atoms with E-state index in [1.807, 2.05) is 10.8 Å². The molecule has 122 valence electrons. The topological polar surface area (TPSA) is 38.1 Å². The van der Waals surface area contributed by atoms with E-state index >= 15 is 0 Å². The second-order valence-electron chi connectivity index (χ2n) is 6.59. The Morgan fingerprint density at radius 2 is 2.17 bits per heavy atom. The molecular formula is C19H25N3O. The molecule has 1 aromatic heterocycles. The van der Waals surface area contributed by atoms with Crippen molar-refractivity contribution >= 4 is 5.91 Å². The first-order chi connectivity index (χ1) is 11.1.